The summed E-state index contributed by atoms with van der Waals surface area (Å²) >= 11 is 13.8. The SMILES string of the molecule is CCOC(=O)C1=C(c2ccccc2)N=c2s/c(=C\c3cccc(Cl)c3Cl)c(=O)n2C1c1ccc(OC)cc1OC. The van der Waals surface area contributed by atoms with Crippen molar-refractivity contribution in [3.05, 3.63) is 119 Å². The monoisotopic (exact) mass is 594 g/mol. The van der Waals surface area contributed by atoms with Gasteiger partial charge in [0.15, 0.2) is 4.80 Å². The maximum atomic E-state index is 14.1. The van der Waals surface area contributed by atoms with E-state index in [1.54, 1.807) is 56.5 Å². The molecule has 2 heterocycles. The molecule has 10 heteroatoms. The van der Waals surface area contributed by atoms with Gasteiger partial charge >= 0.3 is 5.97 Å². The first-order valence-electron chi connectivity index (χ1n) is 12.3. The summed E-state index contributed by atoms with van der Waals surface area (Å²) in [5.41, 5.74) is 2.15. The number of hydrogen-bond donors (Lipinski definition) is 0. The highest BCUT2D eigenvalue weighted by atomic mass is 35.5. The molecule has 0 saturated carbocycles. The standard InChI is InChI=1S/C30H24Cl2N2O5S/c1-4-39-29(36)24-26(17-9-6-5-7-10-17)33-30-34(27(24)20-14-13-19(37-2)16-22(20)38-3)28(35)23(40-30)15-18-11-8-12-21(31)25(18)32/h5-16,27H,4H2,1-3H3/b23-15-. The maximum absolute atomic E-state index is 14.1. The highest BCUT2D eigenvalue weighted by Gasteiger charge is 2.36. The topological polar surface area (TPSA) is 79.1 Å². The van der Waals surface area contributed by atoms with Gasteiger partial charge in [0.05, 0.1) is 46.7 Å². The first-order chi connectivity index (χ1) is 19.4. The molecule has 0 fully saturated rings. The molecule has 0 bridgehead atoms. The Morgan fingerprint density at radius 3 is 2.52 bits per heavy atom. The van der Waals surface area contributed by atoms with Gasteiger partial charge in [0.25, 0.3) is 5.56 Å². The number of carbonyl (C=O) groups excluding carboxylic acids is 1. The fourth-order valence-corrected chi connectivity index (χ4v) is 5.91. The largest absolute Gasteiger partial charge is 0.497 e. The van der Waals surface area contributed by atoms with Crippen molar-refractivity contribution in [3.63, 3.8) is 0 Å². The van der Waals surface area contributed by atoms with Crippen LogP contribution >= 0.6 is 34.5 Å². The third kappa shape index (κ3) is 5.06. The number of fused-ring (bicyclic) bond motifs is 1. The number of methoxy groups -OCH3 is 2. The van der Waals surface area contributed by atoms with Crippen molar-refractivity contribution in [2.45, 2.75) is 13.0 Å². The average Bonchev–Trinajstić information content (AvgIpc) is 3.29. The summed E-state index contributed by atoms with van der Waals surface area (Å²) in [4.78, 5) is 32.9. The summed E-state index contributed by atoms with van der Waals surface area (Å²) < 4.78 is 18.5. The van der Waals surface area contributed by atoms with Crippen molar-refractivity contribution in [2.24, 2.45) is 4.99 Å². The van der Waals surface area contributed by atoms with Gasteiger partial charge in [-0.3, -0.25) is 9.36 Å². The van der Waals surface area contributed by atoms with E-state index in [9.17, 15) is 9.59 Å². The predicted octanol–water partition coefficient (Wildman–Crippen LogP) is 5.26. The average molecular weight is 596 g/mol. The molecule has 1 unspecified atom stereocenters. The fraction of sp³-hybridized carbons (Fsp3) is 0.167. The molecule has 0 radical (unpaired) electrons. The Bertz CT molecular complexity index is 1810. The molecular formula is C30H24Cl2N2O5S. The van der Waals surface area contributed by atoms with Crippen LogP contribution in [0.1, 0.15) is 29.7 Å². The van der Waals surface area contributed by atoms with E-state index in [0.29, 0.717) is 53.3 Å². The first-order valence-corrected chi connectivity index (χ1v) is 13.9. The molecule has 1 atom stereocenters. The van der Waals surface area contributed by atoms with E-state index in [2.05, 4.69) is 0 Å². The van der Waals surface area contributed by atoms with Crippen molar-refractivity contribution in [1.82, 2.24) is 4.57 Å². The minimum Gasteiger partial charge on any atom is -0.497 e. The summed E-state index contributed by atoms with van der Waals surface area (Å²) in [6.45, 7) is 1.88. The maximum Gasteiger partial charge on any atom is 0.338 e. The lowest BCUT2D eigenvalue weighted by molar-refractivity contribution is -0.138. The quantitative estimate of drug-likeness (QED) is 0.273. The van der Waals surface area contributed by atoms with Gasteiger partial charge in [-0.25, -0.2) is 9.79 Å². The van der Waals surface area contributed by atoms with Crippen LogP contribution in [0.4, 0.5) is 0 Å². The smallest absolute Gasteiger partial charge is 0.338 e. The molecule has 1 aromatic heterocycles. The highest BCUT2D eigenvalue weighted by Crippen LogP contribution is 2.40. The third-order valence-electron chi connectivity index (χ3n) is 6.38. The number of aromatic nitrogens is 1. The number of esters is 1. The number of halogens is 2. The molecule has 40 heavy (non-hydrogen) atoms. The Morgan fingerprint density at radius 2 is 1.82 bits per heavy atom. The van der Waals surface area contributed by atoms with Crippen molar-refractivity contribution < 1.29 is 19.0 Å². The van der Waals surface area contributed by atoms with Crippen LogP contribution in [0, 0.1) is 0 Å². The van der Waals surface area contributed by atoms with E-state index in [1.165, 1.54) is 23.0 Å². The Kier molecular flexibility index (Phi) is 8.12. The lowest BCUT2D eigenvalue weighted by Gasteiger charge is -2.27. The number of thiazole rings is 1. The van der Waals surface area contributed by atoms with Crippen molar-refractivity contribution in [1.29, 1.82) is 0 Å². The number of carbonyl (C=O) groups is 1. The van der Waals surface area contributed by atoms with Crippen LogP contribution in [-0.2, 0) is 9.53 Å². The van der Waals surface area contributed by atoms with Crippen molar-refractivity contribution >= 4 is 52.3 Å². The first kappa shape index (κ1) is 27.7. The molecule has 1 aliphatic heterocycles. The summed E-state index contributed by atoms with van der Waals surface area (Å²) in [5, 5.41) is 0.709. The van der Waals surface area contributed by atoms with Gasteiger partial charge in [-0.1, -0.05) is 77.0 Å². The Labute approximate surface area is 244 Å². The second kappa shape index (κ2) is 11.7. The number of rotatable bonds is 7. The van der Waals surface area contributed by atoms with Gasteiger partial charge in [0, 0.05) is 17.2 Å². The van der Waals surface area contributed by atoms with Crippen LogP contribution < -0.4 is 24.4 Å². The van der Waals surface area contributed by atoms with Crippen LogP contribution in [0.3, 0.4) is 0 Å². The molecular weight excluding hydrogens is 571 g/mol. The van der Waals surface area contributed by atoms with Crippen LogP contribution in [0.2, 0.25) is 10.0 Å². The van der Waals surface area contributed by atoms with E-state index in [-0.39, 0.29) is 17.7 Å². The van der Waals surface area contributed by atoms with E-state index in [1.807, 2.05) is 30.3 Å². The fourth-order valence-electron chi connectivity index (χ4n) is 4.55. The highest BCUT2D eigenvalue weighted by molar-refractivity contribution is 7.07. The van der Waals surface area contributed by atoms with Crippen molar-refractivity contribution in [3.8, 4) is 11.5 Å². The molecule has 3 aromatic carbocycles. The van der Waals surface area contributed by atoms with E-state index >= 15 is 0 Å². The molecule has 1 aliphatic rings. The van der Waals surface area contributed by atoms with Gasteiger partial charge in [0.1, 0.15) is 17.5 Å². The summed E-state index contributed by atoms with van der Waals surface area (Å²) in [6.07, 6.45) is 1.68. The van der Waals surface area contributed by atoms with Crippen LogP contribution in [-0.4, -0.2) is 31.4 Å². The second-order valence-electron chi connectivity index (χ2n) is 8.68. The minimum absolute atomic E-state index is 0.147. The lowest BCUT2D eigenvalue weighted by Crippen LogP contribution is -2.40. The Hall–Kier alpha value is -3.85. The molecule has 5 rings (SSSR count). The number of hydrogen-bond acceptors (Lipinski definition) is 7. The van der Waals surface area contributed by atoms with Gasteiger partial charge in [0.2, 0.25) is 0 Å². The zero-order chi connectivity index (χ0) is 28.4. The summed E-state index contributed by atoms with van der Waals surface area (Å²) in [6, 6.07) is 18.9. The van der Waals surface area contributed by atoms with Crippen LogP contribution in [0.15, 0.2) is 82.1 Å². The zero-order valence-electron chi connectivity index (χ0n) is 21.8. The van der Waals surface area contributed by atoms with Gasteiger partial charge in [-0.15, -0.1) is 0 Å². The second-order valence-corrected chi connectivity index (χ2v) is 10.5. The molecule has 204 valence electrons. The number of nitrogens with zero attached hydrogens (tertiary/aromatic N) is 2. The molecule has 0 N–H and O–H groups in total. The van der Waals surface area contributed by atoms with Crippen molar-refractivity contribution in [2.75, 3.05) is 20.8 Å². The van der Waals surface area contributed by atoms with E-state index in [0.717, 1.165) is 0 Å². The Balaban J connectivity index is 1.88. The van der Waals surface area contributed by atoms with E-state index < -0.39 is 12.0 Å². The van der Waals surface area contributed by atoms with Crippen LogP contribution in [0.25, 0.3) is 11.8 Å². The predicted molar refractivity (Wildman–Crippen MR) is 157 cm³/mol. The molecule has 0 aliphatic carbocycles. The molecule has 0 saturated heterocycles. The molecule has 0 amide bonds. The zero-order valence-corrected chi connectivity index (χ0v) is 24.1. The van der Waals surface area contributed by atoms with E-state index in [4.69, 9.17) is 42.4 Å². The molecule has 7 nitrogen and oxygen atoms in total. The van der Waals surface area contributed by atoms with Gasteiger partial charge < -0.3 is 14.2 Å². The van der Waals surface area contributed by atoms with Gasteiger partial charge in [-0.05, 0) is 36.8 Å². The summed E-state index contributed by atoms with van der Waals surface area (Å²) in [7, 11) is 3.07. The summed E-state index contributed by atoms with van der Waals surface area (Å²) in [5.74, 6) is 0.418. The van der Waals surface area contributed by atoms with Gasteiger partial charge in [-0.2, -0.15) is 0 Å². The molecule has 0 spiro atoms. The lowest BCUT2D eigenvalue weighted by atomic mass is 9.92. The molecule has 4 aromatic rings. The number of benzene rings is 3. The minimum atomic E-state index is -0.900. The third-order valence-corrected chi connectivity index (χ3v) is 8.19. The normalized spacial score (nSPS) is 14.9. The Morgan fingerprint density at radius 1 is 1.05 bits per heavy atom. The number of ether oxygens (including phenoxy) is 3. The van der Waals surface area contributed by atoms with Crippen LogP contribution in [0.5, 0.6) is 11.5 Å².